The first-order chi connectivity index (χ1) is 17.2. The predicted molar refractivity (Wildman–Crippen MR) is 137 cm³/mol. The lowest BCUT2D eigenvalue weighted by molar-refractivity contribution is -0.137. The van der Waals surface area contributed by atoms with Crippen LogP contribution in [0.2, 0.25) is 0 Å². The van der Waals surface area contributed by atoms with E-state index in [2.05, 4.69) is 10.4 Å². The maximum absolute atomic E-state index is 14.0. The van der Waals surface area contributed by atoms with E-state index in [4.69, 9.17) is 4.74 Å². The highest BCUT2D eigenvalue weighted by atomic mass is 19.1. The predicted octanol–water partition coefficient (Wildman–Crippen LogP) is 4.75. The lowest BCUT2D eigenvalue weighted by Crippen LogP contribution is -2.45. The highest BCUT2D eigenvalue weighted by Crippen LogP contribution is 2.31. The maximum Gasteiger partial charge on any atom is 0.305 e. The molecule has 1 aromatic heterocycles. The molecular weight excluding hydrogens is 477 g/mol. The van der Waals surface area contributed by atoms with E-state index in [0.717, 1.165) is 11.1 Å². The second-order valence-electron chi connectivity index (χ2n) is 10.6. The van der Waals surface area contributed by atoms with Crippen LogP contribution in [0.1, 0.15) is 67.3 Å². The van der Waals surface area contributed by atoms with Gasteiger partial charge in [-0.25, -0.2) is 9.07 Å². The van der Waals surface area contributed by atoms with Crippen LogP contribution in [0.5, 0.6) is 5.88 Å². The summed E-state index contributed by atoms with van der Waals surface area (Å²) in [6, 6.07) is 11.8. The number of carboxylic acid groups (broad SMARTS) is 1. The van der Waals surface area contributed by atoms with Crippen LogP contribution >= 0.6 is 0 Å². The monoisotopic (exact) mass is 511 g/mol. The van der Waals surface area contributed by atoms with Gasteiger partial charge in [-0.2, -0.15) is 5.10 Å². The Morgan fingerprint density at radius 2 is 1.81 bits per heavy atom. The smallest absolute Gasteiger partial charge is 0.305 e. The molecule has 3 rings (SSSR count). The molecule has 1 amide bonds. The van der Waals surface area contributed by atoms with E-state index in [1.807, 2.05) is 46.8 Å². The summed E-state index contributed by atoms with van der Waals surface area (Å²) < 4.78 is 21.1. The number of aromatic nitrogens is 2. The van der Waals surface area contributed by atoms with Crippen molar-refractivity contribution in [2.45, 2.75) is 59.6 Å². The van der Waals surface area contributed by atoms with Gasteiger partial charge in [0.25, 0.3) is 5.91 Å². The third-order valence-corrected chi connectivity index (χ3v) is 6.56. The Morgan fingerprint density at radius 3 is 2.41 bits per heavy atom. The van der Waals surface area contributed by atoms with Gasteiger partial charge in [0, 0.05) is 6.07 Å². The highest BCUT2D eigenvalue weighted by Gasteiger charge is 2.36. The highest BCUT2D eigenvalue weighted by molar-refractivity contribution is 5.93. The molecule has 37 heavy (non-hydrogen) atoms. The third-order valence-electron chi connectivity index (χ3n) is 6.56. The van der Waals surface area contributed by atoms with Crippen molar-refractivity contribution in [2.75, 3.05) is 6.61 Å². The van der Waals surface area contributed by atoms with Crippen molar-refractivity contribution >= 4 is 11.9 Å². The van der Waals surface area contributed by atoms with Gasteiger partial charge in [0.2, 0.25) is 5.88 Å². The minimum Gasteiger partial charge on any atom is -0.481 e. The van der Waals surface area contributed by atoms with Crippen molar-refractivity contribution in [1.29, 1.82) is 0 Å². The maximum atomic E-state index is 14.0. The van der Waals surface area contributed by atoms with E-state index in [-0.39, 0.29) is 24.6 Å². The van der Waals surface area contributed by atoms with E-state index in [0.29, 0.717) is 11.3 Å². The lowest BCUT2D eigenvalue weighted by atomic mass is 9.78. The summed E-state index contributed by atoms with van der Waals surface area (Å²) >= 11 is 0. The minimum atomic E-state index is -1.22. The summed E-state index contributed by atoms with van der Waals surface area (Å²) in [6.45, 7) is 10.9. The molecule has 9 heteroatoms. The Morgan fingerprint density at radius 1 is 1.11 bits per heavy atom. The van der Waals surface area contributed by atoms with Gasteiger partial charge < -0.3 is 20.3 Å². The van der Waals surface area contributed by atoms with E-state index in [1.54, 1.807) is 19.1 Å². The number of halogens is 1. The average Bonchev–Trinajstić information content (AvgIpc) is 3.21. The zero-order valence-electron chi connectivity index (χ0n) is 22.0. The quantitative estimate of drug-likeness (QED) is 0.382. The van der Waals surface area contributed by atoms with Crippen molar-refractivity contribution in [3.8, 4) is 11.6 Å². The summed E-state index contributed by atoms with van der Waals surface area (Å²) in [5, 5.41) is 27.4. The molecule has 0 bridgehead atoms. The molecule has 1 heterocycles. The van der Waals surface area contributed by atoms with Crippen LogP contribution in [-0.2, 0) is 4.79 Å². The number of carbonyl (C=O) groups is 2. The van der Waals surface area contributed by atoms with Crippen molar-refractivity contribution in [3.05, 3.63) is 76.7 Å². The molecule has 2 aromatic carbocycles. The summed E-state index contributed by atoms with van der Waals surface area (Å²) in [6.07, 6.45) is -0.321. The molecule has 0 saturated heterocycles. The number of ether oxygens (including phenoxy) is 1. The van der Waals surface area contributed by atoms with Gasteiger partial charge in [0.05, 0.1) is 18.2 Å². The largest absolute Gasteiger partial charge is 0.481 e. The van der Waals surface area contributed by atoms with Crippen molar-refractivity contribution in [1.82, 2.24) is 15.1 Å². The van der Waals surface area contributed by atoms with E-state index in [9.17, 15) is 24.2 Å². The Bertz CT molecular complexity index is 1290. The Labute approximate surface area is 216 Å². The van der Waals surface area contributed by atoms with Crippen LogP contribution in [0, 0.1) is 25.1 Å². The molecule has 0 unspecified atom stereocenters. The van der Waals surface area contributed by atoms with Gasteiger partial charge in [0.1, 0.15) is 18.0 Å². The Kier molecular flexibility index (Phi) is 8.07. The van der Waals surface area contributed by atoms with Crippen molar-refractivity contribution in [3.63, 3.8) is 0 Å². The molecule has 0 aliphatic carbocycles. The number of nitrogens with one attached hydrogen (secondary N) is 1. The van der Waals surface area contributed by atoms with Crippen molar-refractivity contribution < 1.29 is 28.9 Å². The molecule has 0 radical (unpaired) electrons. The third kappa shape index (κ3) is 6.74. The van der Waals surface area contributed by atoms with Crippen LogP contribution in [0.4, 0.5) is 4.39 Å². The Hall–Kier alpha value is -3.72. The first-order valence-corrected chi connectivity index (χ1v) is 12.0. The fourth-order valence-corrected chi connectivity index (χ4v) is 3.66. The summed E-state index contributed by atoms with van der Waals surface area (Å²) in [5.74, 6) is -2.05. The minimum absolute atomic E-state index is 0.0465. The average molecular weight is 512 g/mol. The Balaban J connectivity index is 1.96. The number of carbonyl (C=O) groups excluding carboxylic acids is 1. The second-order valence-corrected chi connectivity index (χ2v) is 10.6. The number of nitrogens with zero attached hydrogens (tertiary/aromatic N) is 2. The lowest BCUT2D eigenvalue weighted by Gasteiger charge is -2.36. The molecule has 0 saturated carbocycles. The number of hydrogen-bond acceptors (Lipinski definition) is 5. The molecule has 3 aromatic rings. The molecule has 8 nitrogen and oxygen atoms in total. The van der Waals surface area contributed by atoms with Gasteiger partial charge >= 0.3 is 5.97 Å². The molecule has 198 valence electrons. The number of rotatable bonds is 9. The van der Waals surface area contributed by atoms with Gasteiger partial charge in [-0.05, 0) is 55.5 Å². The zero-order valence-corrected chi connectivity index (χ0v) is 22.0. The van der Waals surface area contributed by atoms with Crippen molar-refractivity contribution in [2.24, 2.45) is 5.41 Å². The summed E-state index contributed by atoms with van der Waals surface area (Å²) in [7, 11) is 0. The van der Waals surface area contributed by atoms with Crippen LogP contribution in [0.15, 0.2) is 48.5 Å². The normalized spacial score (nSPS) is 14.1. The van der Waals surface area contributed by atoms with Crippen LogP contribution in [0.3, 0.4) is 0 Å². The van der Waals surface area contributed by atoms with E-state index >= 15 is 0 Å². The topological polar surface area (TPSA) is 114 Å². The number of aliphatic hydroxyl groups is 1. The summed E-state index contributed by atoms with van der Waals surface area (Å²) in [4.78, 5) is 24.8. The zero-order chi connectivity index (χ0) is 27.5. The number of hydrogen-bond donors (Lipinski definition) is 3. The number of aliphatic carboxylic acids is 1. The van der Waals surface area contributed by atoms with E-state index in [1.165, 1.54) is 28.9 Å². The van der Waals surface area contributed by atoms with Gasteiger partial charge in [-0.1, -0.05) is 50.6 Å². The van der Waals surface area contributed by atoms with Gasteiger partial charge in [-0.15, -0.1) is 0 Å². The number of carboxylic acids is 1. The number of benzene rings is 2. The molecular formula is C28H34FN3O5. The van der Waals surface area contributed by atoms with Crippen LogP contribution < -0.4 is 10.1 Å². The SMILES string of the molecule is Cc1ccc([C@H](CC(=O)O)NC(=O)c2cc(OC[C@](C)(O)C(C)(C)C)n(-c3cccc(F)c3)n2)c(C)c1. The summed E-state index contributed by atoms with van der Waals surface area (Å²) in [5.41, 5.74) is 1.10. The fraction of sp³-hybridized carbons (Fsp3) is 0.393. The van der Waals surface area contributed by atoms with Gasteiger partial charge in [0.15, 0.2) is 5.69 Å². The van der Waals surface area contributed by atoms with Crippen LogP contribution in [-0.4, -0.2) is 44.1 Å². The first-order valence-electron chi connectivity index (χ1n) is 12.0. The molecule has 0 fully saturated rings. The second kappa shape index (κ2) is 10.7. The van der Waals surface area contributed by atoms with Gasteiger partial charge in [-0.3, -0.25) is 9.59 Å². The van der Waals surface area contributed by atoms with Crippen LogP contribution in [0.25, 0.3) is 5.69 Å². The molecule has 0 aliphatic rings. The number of amides is 1. The molecule has 3 N–H and O–H groups in total. The number of aryl methyl sites for hydroxylation is 2. The fourth-order valence-electron chi connectivity index (χ4n) is 3.66. The molecule has 0 spiro atoms. The molecule has 2 atom stereocenters. The molecule has 0 aliphatic heterocycles. The van der Waals surface area contributed by atoms with E-state index < -0.39 is 34.8 Å². The first kappa shape index (κ1) is 27.9. The standard InChI is InChI=1S/C28H34FN3O5/c1-17-10-11-21(18(2)12-17)22(15-25(33)34)30-26(35)23-14-24(37-16-28(6,36)27(3,4)5)32(31-23)20-9-7-8-19(29)13-20/h7-14,22,36H,15-16H2,1-6H3,(H,30,35)(H,33,34)/t22-,28-/m0/s1.